The highest BCUT2D eigenvalue weighted by atomic mass is 32.2. The Labute approximate surface area is 175 Å². The zero-order valence-electron chi connectivity index (χ0n) is 17.0. The van der Waals surface area contributed by atoms with E-state index in [9.17, 15) is 18.0 Å². The standard InChI is InChI=1S/C21H24N4O4S/c1-4-14-9-11-15(12-10-14)20(26)23-24-21(27)18(13(2)3)22-19-16-7-5-6-8-17(16)30(28,29)25-19/h5-13,18H,4H2,1-3H3,(H,22,25)(H,23,26)(H,24,27)/t18-/m0/s1. The summed E-state index contributed by atoms with van der Waals surface area (Å²) in [5.74, 6) is -1.12. The highest BCUT2D eigenvalue weighted by Crippen LogP contribution is 2.23. The molecule has 2 amide bonds. The maximum absolute atomic E-state index is 12.7. The van der Waals surface area contributed by atoms with Crippen LogP contribution in [0, 0.1) is 5.92 Å². The van der Waals surface area contributed by atoms with Crippen LogP contribution in [0.15, 0.2) is 58.4 Å². The number of sulfonamides is 1. The van der Waals surface area contributed by atoms with Crippen LogP contribution < -0.4 is 15.6 Å². The molecule has 1 heterocycles. The smallest absolute Gasteiger partial charge is 0.269 e. The fraction of sp³-hybridized carbons (Fsp3) is 0.286. The predicted octanol–water partition coefficient (Wildman–Crippen LogP) is 1.77. The molecule has 2 aromatic carbocycles. The van der Waals surface area contributed by atoms with Crippen LogP contribution in [0.1, 0.15) is 42.3 Å². The van der Waals surface area contributed by atoms with E-state index in [0.717, 1.165) is 12.0 Å². The minimum Gasteiger partial charge on any atom is -0.271 e. The molecule has 2 aromatic rings. The van der Waals surface area contributed by atoms with Crippen molar-refractivity contribution in [2.45, 2.75) is 38.1 Å². The molecule has 0 radical (unpaired) electrons. The van der Waals surface area contributed by atoms with Crippen molar-refractivity contribution in [2.75, 3.05) is 0 Å². The van der Waals surface area contributed by atoms with Crippen LogP contribution in [0.25, 0.3) is 0 Å². The molecule has 9 heteroatoms. The highest BCUT2D eigenvalue weighted by Gasteiger charge is 2.32. The van der Waals surface area contributed by atoms with Crippen molar-refractivity contribution in [3.8, 4) is 0 Å². The first-order valence-corrected chi connectivity index (χ1v) is 11.1. The Balaban J connectivity index is 1.74. The number of amidine groups is 1. The molecule has 0 aliphatic carbocycles. The van der Waals surface area contributed by atoms with E-state index in [-0.39, 0.29) is 16.6 Å². The van der Waals surface area contributed by atoms with Gasteiger partial charge in [0.25, 0.3) is 21.8 Å². The molecule has 3 rings (SSSR count). The molecule has 0 saturated heterocycles. The van der Waals surface area contributed by atoms with E-state index in [2.05, 4.69) is 20.6 Å². The number of aryl methyl sites for hydroxylation is 1. The van der Waals surface area contributed by atoms with Gasteiger partial charge in [-0.2, -0.15) is 0 Å². The average molecular weight is 429 g/mol. The second-order valence-electron chi connectivity index (χ2n) is 7.26. The Morgan fingerprint density at radius 3 is 2.33 bits per heavy atom. The van der Waals surface area contributed by atoms with Gasteiger partial charge in [0.2, 0.25) is 0 Å². The van der Waals surface area contributed by atoms with Crippen LogP contribution in [0.3, 0.4) is 0 Å². The number of carbonyl (C=O) groups is 2. The van der Waals surface area contributed by atoms with Crippen LogP contribution in [0.4, 0.5) is 0 Å². The predicted molar refractivity (Wildman–Crippen MR) is 113 cm³/mol. The summed E-state index contributed by atoms with van der Waals surface area (Å²) in [6, 6.07) is 12.6. The maximum Gasteiger partial charge on any atom is 0.269 e. The van der Waals surface area contributed by atoms with Gasteiger partial charge in [0.05, 0.1) is 4.90 Å². The van der Waals surface area contributed by atoms with Crippen molar-refractivity contribution in [1.82, 2.24) is 15.6 Å². The minimum atomic E-state index is -3.70. The summed E-state index contributed by atoms with van der Waals surface area (Å²) in [6.07, 6.45) is 0.863. The van der Waals surface area contributed by atoms with E-state index < -0.39 is 27.9 Å². The third-order valence-electron chi connectivity index (χ3n) is 4.75. The van der Waals surface area contributed by atoms with Gasteiger partial charge in [-0.25, -0.2) is 8.42 Å². The molecule has 0 bridgehead atoms. The zero-order valence-corrected chi connectivity index (χ0v) is 17.8. The van der Waals surface area contributed by atoms with Gasteiger partial charge in [-0.05, 0) is 42.2 Å². The molecule has 3 N–H and O–H groups in total. The summed E-state index contributed by atoms with van der Waals surface area (Å²) in [5.41, 5.74) is 6.70. The lowest BCUT2D eigenvalue weighted by Gasteiger charge is -2.17. The summed E-state index contributed by atoms with van der Waals surface area (Å²) < 4.78 is 26.9. The van der Waals surface area contributed by atoms with E-state index in [1.165, 1.54) is 6.07 Å². The fourth-order valence-corrected chi connectivity index (χ4v) is 4.27. The number of hydrazine groups is 1. The number of amides is 2. The van der Waals surface area contributed by atoms with E-state index in [0.29, 0.717) is 11.1 Å². The fourth-order valence-electron chi connectivity index (χ4n) is 3.04. The van der Waals surface area contributed by atoms with Crippen molar-refractivity contribution >= 4 is 27.7 Å². The quantitative estimate of drug-likeness (QED) is 0.629. The molecule has 30 heavy (non-hydrogen) atoms. The summed E-state index contributed by atoms with van der Waals surface area (Å²) in [6.45, 7) is 5.59. The number of nitrogens with zero attached hydrogens (tertiary/aromatic N) is 1. The lowest BCUT2D eigenvalue weighted by atomic mass is 10.0. The van der Waals surface area contributed by atoms with Crippen LogP contribution in [0.5, 0.6) is 0 Å². The van der Waals surface area contributed by atoms with Crippen molar-refractivity contribution in [3.63, 3.8) is 0 Å². The molecule has 0 fully saturated rings. The molecule has 0 aromatic heterocycles. The number of hydrogen-bond acceptors (Lipinski definition) is 5. The van der Waals surface area contributed by atoms with E-state index in [1.807, 2.05) is 19.1 Å². The molecule has 1 atom stereocenters. The Bertz CT molecular complexity index is 1090. The molecule has 0 saturated carbocycles. The second kappa shape index (κ2) is 8.66. The van der Waals surface area contributed by atoms with Gasteiger partial charge in [0.15, 0.2) is 0 Å². The zero-order chi connectivity index (χ0) is 21.9. The molecule has 0 spiro atoms. The van der Waals surface area contributed by atoms with E-state index in [4.69, 9.17) is 0 Å². The summed E-state index contributed by atoms with van der Waals surface area (Å²) in [7, 11) is -3.70. The molecule has 0 unspecified atom stereocenters. The van der Waals surface area contributed by atoms with Crippen molar-refractivity contribution in [2.24, 2.45) is 10.9 Å². The number of fused-ring (bicyclic) bond motifs is 1. The maximum atomic E-state index is 12.7. The molecule has 1 aliphatic rings. The first-order chi connectivity index (χ1) is 14.2. The van der Waals surface area contributed by atoms with Gasteiger partial charge in [-0.15, -0.1) is 0 Å². The molecule has 1 aliphatic heterocycles. The average Bonchev–Trinajstić information content (AvgIpc) is 3.00. The Morgan fingerprint density at radius 1 is 1.03 bits per heavy atom. The first-order valence-electron chi connectivity index (χ1n) is 9.62. The number of carbonyl (C=O) groups excluding carboxylic acids is 2. The Kier molecular flexibility index (Phi) is 6.21. The van der Waals surface area contributed by atoms with Gasteiger partial charge in [0.1, 0.15) is 11.9 Å². The monoisotopic (exact) mass is 428 g/mol. The summed E-state index contributed by atoms with van der Waals surface area (Å²) in [5, 5.41) is 0. The highest BCUT2D eigenvalue weighted by molar-refractivity contribution is 7.90. The van der Waals surface area contributed by atoms with Crippen LogP contribution in [-0.4, -0.2) is 32.1 Å². The SMILES string of the molecule is CCc1ccc(C(=O)NNC(=O)[C@@H](N=C2NS(=O)(=O)c3ccccc32)C(C)C)cc1. The number of benzene rings is 2. The molecular weight excluding hydrogens is 404 g/mol. The minimum absolute atomic E-state index is 0.112. The van der Waals surface area contributed by atoms with Crippen LogP contribution >= 0.6 is 0 Å². The normalized spacial score (nSPS) is 16.6. The summed E-state index contributed by atoms with van der Waals surface area (Å²) in [4.78, 5) is 29.4. The van der Waals surface area contributed by atoms with Gasteiger partial charge in [-0.1, -0.05) is 45.0 Å². The van der Waals surface area contributed by atoms with Crippen LogP contribution in [-0.2, 0) is 21.2 Å². The van der Waals surface area contributed by atoms with Gasteiger partial charge in [0, 0.05) is 11.1 Å². The molecule has 158 valence electrons. The molecular formula is C21H24N4O4S. The lowest BCUT2D eigenvalue weighted by molar-refractivity contribution is -0.123. The van der Waals surface area contributed by atoms with E-state index >= 15 is 0 Å². The van der Waals surface area contributed by atoms with Gasteiger partial charge < -0.3 is 0 Å². The second-order valence-corrected chi connectivity index (χ2v) is 8.91. The van der Waals surface area contributed by atoms with Crippen LogP contribution in [0.2, 0.25) is 0 Å². The van der Waals surface area contributed by atoms with Crippen molar-refractivity contribution in [3.05, 3.63) is 65.2 Å². The topological polar surface area (TPSA) is 117 Å². The number of hydrogen-bond donors (Lipinski definition) is 3. The number of nitrogens with one attached hydrogen (secondary N) is 3. The van der Waals surface area contributed by atoms with E-state index in [1.54, 1.807) is 44.2 Å². The van der Waals surface area contributed by atoms with Crippen molar-refractivity contribution < 1.29 is 18.0 Å². The van der Waals surface area contributed by atoms with Crippen molar-refractivity contribution in [1.29, 1.82) is 0 Å². The Hall–Kier alpha value is -3.20. The number of aliphatic imine (C=N–C) groups is 1. The number of rotatable bonds is 5. The Morgan fingerprint density at radius 2 is 1.70 bits per heavy atom. The molecule has 8 nitrogen and oxygen atoms in total. The summed E-state index contributed by atoms with van der Waals surface area (Å²) >= 11 is 0. The van der Waals surface area contributed by atoms with Gasteiger partial charge >= 0.3 is 0 Å². The largest absolute Gasteiger partial charge is 0.271 e. The lowest BCUT2D eigenvalue weighted by Crippen LogP contribution is -2.47. The third kappa shape index (κ3) is 4.51. The first kappa shape index (κ1) is 21.5. The third-order valence-corrected chi connectivity index (χ3v) is 6.15. The van der Waals surface area contributed by atoms with Gasteiger partial charge in [-0.3, -0.25) is 30.2 Å².